The minimum Gasteiger partial charge on any atom is -0.380 e. The summed E-state index contributed by atoms with van der Waals surface area (Å²) in [4.78, 5) is 11.1. The van der Waals surface area contributed by atoms with Crippen molar-refractivity contribution >= 4 is 39.1 Å². The van der Waals surface area contributed by atoms with E-state index in [9.17, 15) is 17.6 Å². The summed E-state index contributed by atoms with van der Waals surface area (Å²) in [5.74, 6) is -1.89. The highest BCUT2D eigenvalue weighted by molar-refractivity contribution is 7.89. The number of carbonyl (C=O) groups excluding carboxylic acids is 1. The zero-order valence-electron chi connectivity index (χ0n) is 11.1. The Labute approximate surface area is 131 Å². The lowest BCUT2D eigenvalue weighted by atomic mass is 10.2. The van der Waals surface area contributed by atoms with Gasteiger partial charge in [-0.1, -0.05) is 23.2 Å². The number of nitrogens with one attached hydrogen (secondary N) is 1. The number of sulfonamides is 1. The first-order valence-electron chi connectivity index (χ1n) is 5.60. The Morgan fingerprint density at radius 1 is 1.48 bits per heavy atom. The van der Waals surface area contributed by atoms with Crippen LogP contribution in [0.15, 0.2) is 11.0 Å². The summed E-state index contributed by atoms with van der Waals surface area (Å²) < 4.78 is 41.4. The SMILES string of the molecule is COC(C)CNC(=O)c1cc(F)c(Cl)c(S(N)(=O)=O)c1Cl. The van der Waals surface area contributed by atoms with E-state index in [1.54, 1.807) is 6.92 Å². The summed E-state index contributed by atoms with van der Waals surface area (Å²) in [7, 11) is -2.94. The van der Waals surface area contributed by atoms with E-state index in [1.807, 2.05) is 0 Å². The Balaban J connectivity index is 3.27. The summed E-state index contributed by atoms with van der Waals surface area (Å²) in [6, 6.07) is 0.742. The van der Waals surface area contributed by atoms with Gasteiger partial charge in [-0.3, -0.25) is 4.79 Å². The molecule has 3 N–H and O–H groups in total. The van der Waals surface area contributed by atoms with Crippen LogP contribution in [0.4, 0.5) is 4.39 Å². The highest BCUT2D eigenvalue weighted by Crippen LogP contribution is 2.33. The third-order valence-electron chi connectivity index (χ3n) is 2.60. The second-order valence-corrected chi connectivity index (χ2v) is 6.42. The monoisotopic (exact) mass is 358 g/mol. The molecule has 0 spiro atoms. The minimum atomic E-state index is -4.39. The number of hydrogen-bond acceptors (Lipinski definition) is 4. The van der Waals surface area contributed by atoms with Gasteiger partial charge in [0.1, 0.15) is 10.7 Å². The summed E-state index contributed by atoms with van der Waals surface area (Å²) in [6.07, 6.45) is -0.289. The maximum absolute atomic E-state index is 13.7. The zero-order chi connectivity index (χ0) is 16.4. The van der Waals surface area contributed by atoms with Crippen LogP contribution >= 0.6 is 23.2 Å². The number of ether oxygens (including phenoxy) is 1. The predicted octanol–water partition coefficient (Wildman–Crippen LogP) is 1.54. The Kier molecular flexibility index (Phi) is 5.94. The molecular weight excluding hydrogens is 346 g/mol. The van der Waals surface area contributed by atoms with Crippen molar-refractivity contribution in [2.75, 3.05) is 13.7 Å². The van der Waals surface area contributed by atoms with Gasteiger partial charge >= 0.3 is 0 Å². The topological polar surface area (TPSA) is 98.5 Å². The summed E-state index contributed by atoms with van der Waals surface area (Å²) in [5.41, 5.74) is -0.383. The van der Waals surface area contributed by atoms with Crippen molar-refractivity contribution < 1.29 is 22.3 Å². The van der Waals surface area contributed by atoms with Gasteiger partial charge in [0.15, 0.2) is 0 Å². The molecule has 0 aromatic heterocycles. The Hall–Kier alpha value is -0.930. The molecule has 1 aromatic carbocycles. The third kappa shape index (κ3) is 4.27. The number of carbonyl (C=O) groups is 1. The fraction of sp³-hybridized carbons (Fsp3) is 0.364. The van der Waals surface area contributed by atoms with Crippen molar-refractivity contribution in [3.05, 3.63) is 27.5 Å². The molecule has 0 saturated carbocycles. The molecule has 1 aromatic rings. The van der Waals surface area contributed by atoms with E-state index in [0.717, 1.165) is 6.07 Å². The van der Waals surface area contributed by atoms with Gasteiger partial charge in [-0.15, -0.1) is 0 Å². The highest BCUT2D eigenvalue weighted by atomic mass is 35.5. The Morgan fingerprint density at radius 2 is 2.05 bits per heavy atom. The quantitative estimate of drug-likeness (QED) is 0.780. The van der Waals surface area contributed by atoms with Crippen molar-refractivity contribution in [3.63, 3.8) is 0 Å². The predicted molar refractivity (Wildman–Crippen MR) is 76.6 cm³/mol. The third-order valence-corrected chi connectivity index (χ3v) is 4.56. The average molecular weight is 359 g/mol. The first-order chi connectivity index (χ1) is 9.59. The second kappa shape index (κ2) is 6.89. The van der Waals surface area contributed by atoms with Crippen molar-refractivity contribution in [2.45, 2.75) is 17.9 Å². The molecule has 0 aliphatic heterocycles. The van der Waals surface area contributed by atoms with Crippen LogP contribution in [0.25, 0.3) is 0 Å². The zero-order valence-corrected chi connectivity index (χ0v) is 13.4. The molecule has 118 valence electrons. The average Bonchev–Trinajstić information content (AvgIpc) is 2.38. The van der Waals surface area contributed by atoms with E-state index in [4.69, 9.17) is 33.1 Å². The molecule has 6 nitrogen and oxygen atoms in total. The smallest absolute Gasteiger partial charge is 0.253 e. The molecule has 0 bridgehead atoms. The largest absolute Gasteiger partial charge is 0.380 e. The number of benzene rings is 1. The lowest BCUT2D eigenvalue weighted by Crippen LogP contribution is -2.32. The van der Waals surface area contributed by atoms with Crippen LogP contribution in [0.5, 0.6) is 0 Å². The molecule has 0 saturated heterocycles. The number of halogens is 3. The van der Waals surface area contributed by atoms with Crippen molar-refractivity contribution in [1.82, 2.24) is 5.32 Å². The minimum absolute atomic E-state index is 0.126. The number of primary sulfonamides is 1. The van der Waals surface area contributed by atoms with Crippen LogP contribution in [0.1, 0.15) is 17.3 Å². The van der Waals surface area contributed by atoms with Crippen LogP contribution in [0.2, 0.25) is 10.0 Å². The van der Waals surface area contributed by atoms with E-state index in [2.05, 4.69) is 5.32 Å². The first-order valence-corrected chi connectivity index (χ1v) is 7.91. The van der Waals surface area contributed by atoms with Gasteiger partial charge in [0, 0.05) is 13.7 Å². The molecule has 0 radical (unpaired) electrons. The van der Waals surface area contributed by atoms with E-state index < -0.39 is 36.7 Å². The molecule has 0 aliphatic rings. The number of rotatable bonds is 5. The second-order valence-electron chi connectivity index (χ2n) is 4.16. The van der Waals surface area contributed by atoms with Crippen molar-refractivity contribution in [1.29, 1.82) is 0 Å². The molecule has 1 rings (SSSR count). The Bertz CT molecular complexity index is 667. The maximum Gasteiger partial charge on any atom is 0.253 e. The number of methoxy groups -OCH3 is 1. The van der Waals surface area contributed by atoms with Crippen LogP contribution in [0, 0.1) is 5.82 Å². The van der Waals surface area contributed by atoms with E-state index in [-0.39, 0.29) is 18.2 Å². The molecule has 1 amide bonds. The van der Waals surface area contributed by atoms with Crippen LogP contribution < -0.4 is 10.5 Å². The standard InChI is InChI=1S/C11H13Cl2FN2O4S/c1-5(20-2)4-16-11(17)6-3-7(14)9(13)10(8(6)12)21(15,18)19/h3,5H,4H2,1-2H3,(H,16,17)(H2,15,18,19). The van der Waals surface area contributed by atoms with E-state index >= 15 is 0 Å². The molecule has 1 unspecified atom stereocenters. The molecule has 0 fully saturated rings. The molecular formula is C11H13Cl2FN2O4S. The number of hydrogen-bond donors (Lipinski definition) is 2. The molecule has 0 aliphatic carbocycles. The van der Waals surface area contributed by atoms with Gasteiger partial charge in [0.05, 0.1) is 21.7 Å². The fourth-order valence-electron chi connectivity index (χ4n) is 1.41. The summed E-state index contributed by atoms with van der Waals surface area (Å²) in [5, 5.41) is 6.05. The van der Waals surface area contributed by atoms with E-state index in [0.29, 0.717) is 0 Å². The summed E-state index contributed by atoms with van der Waals surface area (Å²) in [6.45, 7) is 1.82. The maximum atomic E-state index is 13.7. The summed E-state index contributed by atoms with van der Waals surface area (Å²) >= 11 is 11.4. The van der Waals surface area contributed by atoms with Gasteiger partial charge in [-0.25, -0.2) is 17.9 Å². The molecule has 21 heavy (non-hydrogen) atoms. The van der Waals surface area contributed by atoms with Gasteiger partial charge in [0.2, 0.25) is 10.0 Å². The van der Waals surface area contributed by atoms with Crippen LogP contribution in [-0.2, 0) is 14.8 Å². The highest BCUT2D eigenvalue weighted by Gasteiger charge is 2.26. The number of nitrogens with two attached hydrogens (primary N) is 1. The van der Waals surface area contributed by atoms with Gasteiger partial charge in [-0.05, 0) is 13.0 Å². The van der Waals surface area contributed by atoms with Gasteiger partial charge in [-0.2, -0.15) is 0 Å². The number of amides is 1. The fourth-order valence-corrected chi connectivity index (χ4v) is 3.20. The lowest BCUT2D eigenvalue weighted by Gasteiger charge is -2.13. The van der Waals surface area contributed by atoms with Crippen LogP contribution in [-0.4, -0.2) is 34.1 Å². The molecule has 0 heterocycles. The van der Waals surface area contributed by atoms with Crippen LogP contribution in [0.3, 0.4) is 0 Å². The van der Waals surface area contributed by atoms with Gasteiger partial charge < -0.3 is 10.1 Å². The van der Waals surface area contributed by atoms with Gasteiger partial charge in [0.25, 0.3) is 5.91 Å². The Morgan fingerprint density at radius 3 is 2.52 bits per heavy atom. The lowest BCUT2D eigenvalue weighted by molar-refractivity contribution is 0.0870. The van der Waals surface area contributed by atoms with Crippen molar-refractivity contribution in [3.8, 4) is 0 Å². The first kappa shape index (κ1) is 18.1. The van der Waals surface area contributed by atoms with E-state index in [1.165, 1.54) is 7.11 Å². The molecule has 10 heteroatoms. The molecule has 1 atom stereocenters. The van der Waals surface area contributed by atoms with Crippen molar-refractivity contribution in [2.24, 2.45) is 5.14 Å². The normalized spacial score (nSPS) is 13.0.